The number of rotatable bonds is 4. The number of hydrogen-bond acceptors (Lipinski definition) is 3. The highest BCUT2D eigenvalue weighted by Crippen LogP contribution is 2.27. The van der Waals surface area contributed by atoms with E-state index < -0.39 is 0 Å². The van der Waals surface area contributed by atoms with E-state index in [2.05, 4.69) is 14.5 Å². The second-order valence-electron chi connectivity index (χ2n) is 6.87. The van der Waals surface area contributed by atoms with Crippen LogP contribution in [0.1, 0.15) is 40.5 Å². The zero-order valence-electron chi connectivity index (χ0n) is 15.0. The number of amides is 1. The Morgan fingerprint density at radius 1 is 1.19 bits per heavy atom. The first-order chi connectivity index (χ1) is 13.2. The molecule has 6 heteroatoms. The van der Waals surface area contributed by atoms with Crippen LogP contribution in [-0.4, -0.2) is 38.4 Å². The number of halogens is 1. The van der Waals surface area contributed by atoms with E-state index in [-0.39, 0.29) is 17.6 Å². The average Bonchev–Trinajstić information content (AvgIpc) is 3.16. The Balaban J connectivity index is 1.51. The number of likely N-dealkylation sites (tertiary alicyclic amines) is 1. The van der Waals surface area contributed by atoms with E-state index in [1.807, 2.05) is 29.4 Å². The van der Waals surface area contributed by atoms with Crippen LogP contribution in [0.5, 0.6) is 0 Å². The van der Waals surface area contributed by atoms with Crippen LogP contribution in [0.2, 0.25) is 0 Å². The third kappa shape index (κ3) is 3.89. The molecule has 1 aliphatic rings. The minimum Gasteiger partial charge on any atom is -0.338 e. The van der Waals surface area contributed by atoms with Gasteiger partial charge in [-0.1, -0.05) is 6.07 Å². The number of benzene rings is 1. The molecule has 0 spiro atoms. The molecule has 0 bridgehead atoms. The maximum atomic E-state index is 13.5. The summed E-state index contributed by atoms with van der Waals surface area (Å²) < 4.78 is 15.6. The molecule has 0 saturated carbocycles. The monoisotopic (exact) mass is 364 g/mol. The Hall–Kier alpha value is -3.02. The molecule has 2 aromatic heterocycles. The Labute approximate surface area is 157 Å². The molecule has 0 aliphatic carbocycles. The van der Waals surface area contributed by atoms with Crippen molar-refractivity contribution in [2.45, 2.75) is 25.3 Å². The molecular formula is C21H21FN4O. The molecule has 1 unspecified atom stereocenters. The topological polar surface area (TPSA) is 51.0 Å². The van der Waals surface area contributed by atoms with E-state index in [9.17, 15) is 9.18 Å². The van der Waals surface area contributed by atoms with Gasteiger partial charge in [0.05, 0.1) is 0 Å². The van der Waals surface area contributed by atoms with E-state index in [0.29, 0.717) is 18.7 Å². The first-order valence-corrected chi connectivity index (χ1v) is 9.15. The molecule has 3 aromatic rings. The first-order valence-electron chi connectivity index (χ1n) is 9.15. The third-order valence-corrected chi connectivity index (χ3v) is 5.00. The SMILES string of the molecule is O=C(c1cccc(F)c1)N1CCCC(c2nccn2Cc2ccncc2)C1. The minimum atomic E-state index is -0.387. The molecular weight excluding hydrogens is 343 g/mol. The van der Waals surface area contributed by atoms with Gasteiger partial charge in [-0.2, -0.15) is 0 Å². The highest BCUT2D eigenvalue weighted by molar-refractivity contribution is 5.94. The fourth-order valence-corrected chi connectivity index (χ4v) is 3.68. The van der Waals surface area contributed by atoms with Crippen LogP contribution >= 0.6 is 0 Å². The summed E-state index contributed by atoms with van der Waals surface area (Å²) in [5.41, 5.74) is 1.56. The largest absolute Gasteiger partial charge is 0.338 e. The minimum absolute atomic E-state index is 0.119. The lowest BCUT2D eigenvalue weighted by molar-refractivity contribution is 0.0703. The molecule has 0 radical (unpaired) electrons. The van der Waals surface area contributed by atoms with Crippen molar-refractivity contribution in [3.05, 3.63) is 84.0 Å². The predicted octanol–water partition coefficient (Wildman–Crippen LogP) is 3.49. The fraction of sp³-hybridized carbons (Fsp3) is 0.286. The summed E-state index contributed by atoms with van der Waals surface area (Å²) in [6, 6.07) is 9.88. The lowest BCUT2D eigenvalue weighted by Crippen LogP contribution is -2.39. The van der Waals surface area contributed by atoms with Gasteiger partial charge in [0, 0.05) is 55.9 Å². The van der Waals surface area contributed by atoms with E-state index >= 15 is 0 Å². The quantitative estimate of drug-likeness (QED) is 0.712. The molecule has 1 amide bonds. The van der Waals surface area contributed by atoms with Crippen molar-refractivity contribution in [3.8, 4) is 0 Å². The van der Waals surface area contributed by atoms with Crippen molar-refractivity contribution in [2.75, 3.05) is 13.1 Å². The van der Waals surface area contributed by atoms with E-state index in [4.69, 9.17) is 0 Å². The summed E-state index contributed by atoms with van der Waals surface area (Å²) in [5, 5.41) is 0. The molecule has 0 N–H and O–H groups in total. The Morgan fingerprint density at radius 3 is 2.85 bits per heavy atom. The van der Waals surface area contributed by atoms with Crippen LogP contribution in [0.4, 0.5) is 4.39 Å². The summed E-state index contributed by atoms with van der Waals surface area (Å²) in [6.07, 6.45) is 9.25. The Kier molecular flexibility index (Phi) is 4.96. The zero-order valence-corrected chi connectivity index (χ0v) is 15.0. The molecule has 1 atom stereocenters. The van der Waals surface area contributed by atoms with E-state index in [1.54, 1.807) is 24.5 Å². The Morgan fingerprint density at radius 2 is 2.04 bits per heavy atom. The number of pyridine rings is 1. The van der Waals surface area contributed by atoms with Gasteiger partial charge in [-0.25, -0.2) is 9.37 Å². The summed E-state index contributed by atoms with van der Waals surface area (Å²) in [5.74, 6) is 0.658. The van der Waals surface area contributed by atoms with Crippen molar-refractivity contribution in [2.24, 2.45) is 0 Å². The van der Waals surface area contributed by atoms with Gasteiger partial charge in [0.15, 0.2) is 0 Å². The predicted molar refractivity (Wildman–Crippen MR) is 99.8 cm³/mol. The fourth-order valence-electron chi connectivity index (χ4n) is 3.68. The molecule has 27 heavy (non-hydrogen) atoms. The average molecular weight is 364 g/mol. The lowest BCUT2D eigenvalue weighted by atomic mass is 9.96. The van der Waals surface area contributed by atoms with Crippen molar-refractivity contribution in [1.82, 2.24) is 19.4 Å². The van der Waals surface area contributed by atoms with Gasteiger partial charge in [0.25, 0.3) is 5.91 Å². The molecule has 1 saturated heterocycles. The molecule has 138 valence electrons. The van der Waals surface area contributed by atoms with Crippen molar-refractivity contribution in [3.63, 3.8) is 0 Å². The van der Waals surface area contributed by atoms with Crippen LogP contribution in [0, 0.1) is 5.82 Å². The third-order valence-electron chi connectivity index (χ3n) is 5.00. The number of carbonyl (C=O) groups excluding carboxylic acids is 1. The van der Waals surface area contributed by atoms with Gasteiger partial charge >= 0.3 is 0 Å². The molecule has 1 aromatic carbocycles. The van der Waals surface area contributed by atoms with Gasteiger partial charge in [-0.05, 0) is 48.7 Å². The maximum Gasteiger partial charge on any atom is 0.253 e. The smallest absolute Gasteiger partial charge is 0.253 e. The number of hydrogen-bond donors (Lipinski definition) is 0. The summed E-state index contributed by atoms with van der Waals surface area (Å²) in [6.45, 7) is 2.02. The van der Waals surface area contributed by atoms with Crippen molar-refractivity contribution < 1.29 is 9.18 Å². The number of nitrogens with zero attached hydrogens (tertiary/aromatic N) is 4. The molecule has 3 heterocycles. The van der Waals surface area contributed by atoms with Crippen LogP contribution in [-0.2, 0) is 6.54 Å². The molecule has 1 aliphatic heterocycles. The van der Waals surface area contributed by atoms with E-state index in [1.165, 1.54) is 12.1 Å². The van der Waals surface area contributed by atoms with Gasteiger partial charge in [-0.3, -0.25) is 9.78 Å². The second-order valence-corrected chi connectivity index (χ2v) is 6.87. The molecule has 5 nitrogen and oxygen atoms in total. The van der Waals surface area contributed by atoms with Crippen LogP contribution in [0.15, 0.2) is 61.2 Å². The van der Waals surface area contributed by atoms with Crippen LogP contribution in [0.3, 0.4) is 0 Å². The normalized spacial score (nSPS) is 17.1. The van der Waals surface area contributed by atoms with Crippen LogP contribution < -0.4 is 0 Å². The van der Waals surface area contributed by atoms with Gasteiger partial charge in [-0.15, -0.1) is 0 Å². The zero-order chi connectivity index (χ0) is 18.6. The highest BCUT2D eigenvalue weighted by atomic mass is 19.1. The standard InChI is InChI=1S/C21H21FN4O/c22-19-5-1-3-17(13-19)21(27)26-11-2-4-18(15-26)20-24-10-12-25(20)14-16-6-8-23-9-7-16/h1,3,5-10,12-13,18H,2,4,11,14-15H2. The maximum absolute atomic E-state index is 13.5. The van der Waals surface area contributed by atoms with Gasteiger partial charge in [0.1, 0.15) is 11.6 Å². The number of aromatic nitrogens is 3. The Bertz CT molecular complexity index is 925. The van der Waals surface area contributed by atoms with Crippen LogP contribution in [0.25, 0.3) is 0 Å². The van der Waals surface area contributed by atoms with Gasteiger partial charge in [0.2, 0.25) is 0 Å². The first kappa shape index (κ1) is 17.4. The van der Waals surface area contributed by atoms with Gasteiger partial charge < -0.3 is 9.47 Å². The van der Waals surface area contributed by atoms with Crippen molar-refractivity contribution in [1.29, 1.82) is 0 Å². The highest BCUT2D eigenvalue weighted by Gasteiger charge is 2.28. The number of imidazole rings is 1. The summed E-state index contributed by atoms with van der Waals surface area (Å²) in [4.78, 5) is 23.2. The lowest BCUT2D eigenvalue weighted by Gasteiger charge is -2.32. The number of carbonyl (C=O) groups is 1. The van der Waals surface area contributed by atoms with Crippen molar-refractivity contribution >= 4 is 5.91 Å². The number of piperidine rings is 1. The summed E-state index contributed by atoms with van der Waals surface area (Å²) >= 11 is 0. The molecule has 1 fully saturated rings. The van der Waals surface area contributed by atoms with E-state index in [0.717, 1.165) is 30.8 Å². The molecule has 4 rings (SSSR count). The summed E-state index contributed by atoms with van der Waals surface area (Å²) in [7, 11) is 0. The second kappa shape index (κ2) is 7.70.